The number of benzene rings is 1. The SMILES string of the molecule is CCC(C)C=C1C=c2ccccc2=C(C)C1=O. The summed E-state index contributed by atoms with van der Waals surface area (Å²) >= 11 is 0. The molecule has 0 bridgehead atoms. The molecule has 0 aliphatic heterocycles. The van der Waals surface area contributed by atoms with Crippen molar-refractivity contribution in [2.75, 3.05) is 0 Å². The molecular weight excluding hydrogens is 208 g/mol. The van der Waals surface area contributed by atoms with Gasteiger partial charge in [0, 0.05) is 11.1 Å². The van der Waals surface area contributed by atoms with E-state index in [0.717, 1.165) is 28.0 Å². The maximum absolute atomic E-state index is 12.2. The van der Waals surface area contributed by atoms with Gasteiger partial charge in [-0.25, -0.2) is 0 Å². The first-order valence-electron chi connectivity index (χ1n) is 6.17. The Morgan fingerprint density at radius 2 is 2.00 bits per heavy atom. The standard InChI is InChI=1S/C16H18O/c1-4-11(2)9-14-10-13-7-5-6-8-15(13)12(3)16(14)17/h5-11H,4H2,1-3H3. The highest BCUT2D eigenvalue weighted by molar-refractivity contribution is 6.27. The van der Waals surface area contributed by atoms with Crippen molar-refractivity contribution in [3.63, 3.8) is 0 Å². The number of carbonyl (C=O) groups excluding carboxylic acids is 1. The van der Waals surface area contributed by atoms with E-state index in [4.69, 9.17) is 0 Å². The number of fused-ring (bicyclic) bond motifs is 1. The smallest absolute Gasteiger partial charge is 0.189 e. The second-order valence-electron chi connectivity index (χ2n) is 4.69. The maximum Gasteiger partial charge on any atom is 0.189 e. The highest BCUT2D eigenvalue weighted by Gasteiger charge is 2.15. The van der Waals surface area contributed by atoms with E-state index in [2.05, 4.69) is 26.0 Å². The third-order valence-corrected chi connectivity index (χ3v) is 3.39. The Kier molecular flexibility index (Phi) is 3.28. The van der Waals surface area contributed by atoms with Crippen LogP contribution >= 0.6 is 0 Å². The van der Waals surface area contributed by atoms with E-state index in [1.165, 1.54) is 0 Å². The van der Waals surface area contributed by atoms with Gasteiger partial charge in [0.1, 0.15) is 0 Å². The van der Waals surface area contributed by atoms with Crippen LogP contribution in [0.5, 0.6) is 0 Å². The number of rotatable bonds is 2. The van der Waals surface area contributed by atoms with Gasteiger partial charge in [-0.1, -0.05) is 50.6 Å². The lowest BCUT2D eigenvalue weighted by molar-refractivity contribution is -0.110. The molecule has 0 amide bonds. The number of allylic oxidation sites excluding steroid dienone is 2. The van der Waals surface area contributed by atoms with Crippen LogP contribution in [0.2, 0.25) is 0 Å². The second kappa shape index (κ2) is 4.70. The molecule has 1 aliphatic carbocycles. The zero-order chi connectivity index (χ0) is 12.4. The molecule has 0 aromatic heterocycles. The molecule has 1 aromatic rings. The molecule has 2 rings (SSSR count). The van der Waals surface area contributed by atoms with Crippen LogP contribution in [0.1, 0.15) is 27.2 Å². The molecule has 1 heteroatoms. The molecule has 0 radical (unpaired) electrons. The number of hydrogen-bond donors (Lipinski definition) is 0. The molecule has 0 saturated heterocycles. The average Bonchev–Trinajstić information content (AvgIpc) is 2.35. The summed E-state index contributed by atoms with van der Waals surface area (Å²) in [7, 11) is 0. The normalized spacial score (nSPS) is 18.9. The molecule has 0 heterocycles. The van der Waals surface area contributed by atoms with E-state index in [1.54, 1.807) is 0 Å². The van der Waals surface area contributed by atoms with Crippen molar-refractivity contribution >= 4 is 17.4 Å². The number of Topliss-reactive ketones (excluding diaryl/α,β-unsaturated/α-hetero) is 1. The zero-order valence-corrected chi connectivity index (χ0v) is 10.7. The summed E-state index contributed by atoms with van der Waals surface area (Å²) in [4.78, 5) is 12.2. The molecule has 0 fully saturated rings. The van der Waals surface area contributed by atoms with Gasteiger partial charge in [0.05, 0.1) is 0 Å². The van der Waals surface area contributed by atoms with Gasteiger partial charge in [-0.15, -0.1) is 0 Å². The Labute approximate surface area is 102 Å². The number of hydrogen-bond acceptors (Lipinski definition) is 1. The van der Waals surface area contributed by atoms with Crippen LogP contribution in [0.4, 0.5) is 0 Å². The van der Waals surface area contributed by atoms with Crippen LogP contribution in [0.25, 0.3) is 11.6 Å². The molecular formula is C16H18O. The van der Waals surface area contributed by atoms with Crippen LogP contribution in [-0.4, -0.2) is 5.78 Å². The van der Waals surface area contributed by atoms with Gasteiger partial charge >= 0.3 is 0 Å². The summed E-state index contributed by atoms with van der Waals surface area (Å²) in [6, 6.07) is 8.07. The molecule has 0 N–H and O–H groups in total. The van der Waals surface area contributed by atoms with Crippen LogP contribution in [-0.2, 0) is 4.79 Å². The lowest BCUT2D eigenvalue weighted by Gasteiger charge is -2.11. The first-order chi connectivity index (χ1) is 8.13. The monoisotopic (exact) mass is 226 g/mol. The summed E-state index contributed by atoms with van der Waals surface area (Å²) < 4.78 is 0. The molecule has 88 valence electrons. The summed E-state index contributed by atoms with van der Waals surface area (Å²) in [5.41, 5.74) is 1.70. The minimum absolute atomic E-state index is 0.170. The van der Waals surface area contributed by atoms with Gasteiger partial charge in [0.15, 0.2) is 5.78 Å². The van der Waals surface area contributed by atoms with Gasteiger partial charge in [-0.3, -0.25) is 4.79 Å². The van der Waals surface area contributed by atoms with E-state index in [-0.39, 0.29) is 5.78 Å². The van der Waals surface area contributed by atoms with Crippen LogP contribution in [0.15, 0.2) is 35.9 Å². The second-order valence-corrected chi connectivity index (χ2v) is 4.69. The minimum atomic E-state index is 0.170. The molecule has 0 spiro atoms. The Morgan fingerprint density at radius 3 is 2.71 bits per heavy atom. The Balaban J connectivity index is 2.62. The summed E-state index contributed by atoms with van der Waals surface area (Å²) in [5, 5.41) is 2.22. The molecule has 1 aromatic carbocycles. The lowest BCUT2D eigenvalue weighted by atomic mass is 9.92. The third kappa shape index (κ3) is 2.23. The van der Waals surface area contributed by atoms with E-state index < -0.39 is 0 Å². The van der Waals surface area contributed by atoms with E-state index in [0.29, 0.717) is 5.92 Å². The van der Waals surface area contributed by atoms with E-state index in [9.17, 15) is 4.79 Å². The van der Waals surface area contributed by atoms with Crippen LogP contribution in [0.3, 0.4) is 0 Å². The fraction of sp³-hybridized carbons (Fsp3) is 0.312. The van der Waals surface area contributed by atoms with Crippen molar-refractivity contribution in [1.29, 1.82) is 0 Å². The van der Waals surface area contributed by atoms with Gasteiger partial charge in [-0.2, -0.15) is 0 Å². The average molecular weight is 226 g/mol. The van der Waals surface area contributed by atoms with Crippen molar-refractivity contribution in [3.05, 3.63) is 46.4 Å². The maximum atomic E-state index is 12.2. The Bertz CT molecular complexity index is 590. The number of ketones is 1. The lowest BCUT2D eigenvalue weighted by Crippen LogP contribution is -2.32. The molecule has 17 heavy (non-hydrogen) atoms. The van der Waals surface area contributed by atoms with Crippen molar-refractivity contribution in [2.45, 2.75) is 27.2 Å². The van der Waals surface area contributed by atoms with Crippen molar-refractivity contribution < 1.29 is 4.79 Å². The molecule has 1 atom stereocenters. The first-order valence-corrected chi connectivity index (χ1v) is 6.17. The van der Waals surface area contributed by atoms with Crippen molar-refractivity contribution in [3.8, 4) is 0 Å². The number of carbonyl (C=O) groups is 1. The third-order valence-electron chi connectivity index (χ3n) is 3.39. The zero-order valence-electron chi connectivity index (χ0n) is 10.7. The molecule has 1 unspecified atom stereocenters. The Morgan fingerprint density at radius 1 is 1.29 bits per heavy atom. The van der Waals surface area contributed by atoms with E-state index >= 15 is 0 Å². The fourth-order valence-corrected chi connectivity index (χ4v) is 2.08. The summed E-state index contributed by atoms with van der Waals surface area (Å²) in [5.74, 6) is 0.618. The largest absolute Gasteiger partial charge is 0.289 e. The quantitative estimate of drug-likeness (QED) is 0.707. The highest BCUT2D eigenvalue weighted by atomic mass is 16.1. The van der Waals surface area contributed by atoms with Gasteiger partial charge < -0.3 is 0 Å². The highest BCUT2D eigenvalue weighted by Crippen LogP contribution is 2.14. The van der Waals surface area contributed by atoms with Gasteiger partial charge in [0.2, 0.25) is 0 Å². The van der Waals surface area contributed by atoms with E-state index in [1.807, 2.05) is 31.2 Å². The molecule has 1 aliphatic rings. The predicted octanol–water partition coefficient (Wildman–Crippen LogP) is 2.19. The van der Waals surface area contributed by atoms with Gasteiger partial charge in [-0.05, 0) is 29.4 Å². The Hall–Kier alpha value is -1.63. The van der Waals surface area contributed by atoms with Crippen molar-refractivity contribution in [2.24, 2.45) is 5.92 Å². The summed E-state index contributed by atoms with van der Waals surface area (Å²) in [6.45, 7) is 6.20. The van der Waals surface area contributed by atoms with Crippen LogP contribution < -0.4 is 10.4 Å². The summed E-state index contributed by atoms with van der Waals surface area (Å²) in [6.07, 6.45) is 5.16. The predicted molar refractivity (Wildman–Crippen MR) is 71.8 cm³/mol. The fourth-order valence-electron chi connectivity index (χ4n) is 2.08. The first kappa shape index (κ1) is 11.8. The minimum Gasteiger partial charge on any atom is -0.289 e. The van der Waals surface area contributed by atoms with Crippen LogP contribution in [0, 0.1) is 5.92 Å². The molecule has 1 nitrogen and oxygen atoms in total. The van der Waals surface area contributed by atoms with Crippen molar-refractivity contribution in [1.82, 2.24) is 0 Å². The topological polar surface area (TPSA) is 17.1 Å². The molecule has 0 saturated carbocycles. The van der Waals surface area contributed by atoms with Gasteiger partial charge in [0.25, 0.3) is 0 Å².